The Kier molecular flexibility index (Phi) is 3.95. The van der Waals surface area contributed by atoms with Gasteiger partial charge in [0, 0.05) is 36.5 Å². The molecule has 0 aromatic heterocycles. The van der Waals surface area contributed by atoms with Gasteiger partial charge < -0.3 is 9.84 Å². The number of ether oxygens (including phenoxy) is 1. The summed E-state index contributed by atoms with van der Waals surface area (Å²) in [6.07, 6.45) is 0.494. The molecule has 2 unspecified atom stereocenters. The van der Waals surface area contributed by atoms with E-state index in [0.29, 0.717) is 43.3 Å². The lowest BCUT2D eigenvalue weighted by molar-refractivity contribution is -0.123. The third-order valence-corrected chi connectivity index (χ3v) is 5.17. The molecule has 0 bridgehead atoms. The summed E-state index contributed by atoms with van der Waals surface area (Å²) in [5.41, 5.74) is 2.64. The normalized spacial score (nSPS) is 26.4. The lowest BCUT2D eigenvalue weighted by atomic mass is 9.91. The van der Waals surface area contributed by atoms with Crippen molar-refractivity contribution in [2.45, 2.75) is 38.8 Å². The van der Waals surface area contributed by atoms with Crippen molar-refractivity contribution in [3.05, 3.63) is 27.8 Å². The molecule has 1 aromatic carbocycles. The van der Waals surface area contributed by atoms with Gasteiger partial charge in [0.05, 0.1) is 6.04 Å². The summed E-state index contributed by atoms with van der Waals surface area (Å²) in [6, 6.07) is 1.78. The molecule has 1 aromatic rings. The molecule has 2 heterocycles. The molecule has 0 spiro atoms. The van der Waals surface area contributed by atoms with Gasteiger partial charge in [0.25, 0.3) is 0 Å². The third-order valence-electron chi connectivity index (χ3n) is 4.59. The van der Waals surface area contributed by atoms with Gasteiger partial charge in [-0.25, -0.2) is 0 Å². The van der Waals surface area contributed by atoms with Gasteiger partial charge in [0.1, 0.15) is 24.2 Å². The van der Waals surface area contributed by atoms with Crippen LogP contribution in [0.2, 0.25) is 5.02 Å². The largest absolute Gasteiger partial charge is 0.491 e. The van der Waals surface area contributed by atoms with E-state index in [1.807, 2.05) is 19.9 Å². The number of aliphatic hydroxyl groups is 1. The standard InChI is InChI=1S/C16H20ClNO3/c1-9-7-13-14(10(2)15(9)17)16(20)12(8-21-13)18-5-3-11(19)4-6-18/h7,12,16,20H,3-6,8H2,1-2H3. The van der Waals surface area contributed by atoms with Crippen LogP contribution in [0.4, 0.5) is 0 Å². The number of halogens is 1. The molecular formula is C16H20ClNO3. The first-order chi connectivity index (χ1) is 9.99. The second kappa shape index (κ2) is 5.59. The van der Waals surface area contributed by atoms with Crippen LogP contribution in [-0.2, 0) is 4.79 Å². The van der Waals surface area contributed by atoms with Gasteiger partial charge in [0.15, 0.2) is 0 Å². The zero-order chi connectivity index (χ0) is 15.1. The number of hydrogen-bond acceptors (Lipinski definition) is 4. The lowest BCUT2D eigenvalue weighted by Crippen LogP contribution is -2.49. The van der Waals surface area contributed by atoms with E-state index < -0.39 is 6.10 Å². The van der Waals surface area contributed by atoms with Crippen LogP contribution in [0, 0.1) is 13.8 Å². The molecule has 2 atom stereocenters. The monoisotopic (exact) mass is 309 g/mol. The van der Waals surface area contributed by atoms with Crippen molar-refractivity contribution < 1.29 is 14.6 Å². The van der Waals surface area contributed by atoms with Gasteiger partial charge in [-0.2, -0.15) is 0 Å². The number of ketones is 1. The van der Waals surface area contributed by atoms with Crippen LogP contribution < -0.4 is 4.74 Å². The maximum atomic E-state index is 11.4. The number of likely N-dealkylation sites (tertiary alicyclic amines) is 1. The van der Waals surface area contributed by atoms with E-state index in [4.69, 9.17) is 16.3 Å². The number of carbonyl (C=O) groups is 1. The Labute approximate surface area is 129 Å². The highest BCUT2D eigenvalue weighted by Gasteiger charge is 2.36. The van der Waals surface area contributed by atoms with Crippen molar-refractivity contribution in [2.24, 2.45) is 0 Å². The number of aliphatic hydroxyl groups excluding tert-OH is 1. The van der Waals surface area contributed by atoms with Gasteiger partial charge in [-0.15, -0.1) is 0 Å². The van der Waals surface area contributed by atoms with Crippen LogP contribution >= 0.6 is 11.6 Å². The van der Waals surface area contributed by atoms with Crippen molar-refractivity contribution in [1.29, 1.82) is 0 Å². The zero-order valence-electron chi connectivity index (χ0n) is 12.4. The second-order valence-electron chi connectivity index (χ2n) is 5.94. The third kappa shape index (κ3) is 2.56. The van der Waals surface area contributed by atoms with Crippen molar-refractivity contribution in [3.8, 4) is 5.75 Å². The van der Waals surface area contributed by atoms with Gasteiger partial charge in [-0.05, 0) is 31.0 Å². The summed E-state index contributed by atoms with van der Waals surface area (Å²) in [5.74, 6) is 1.03. The SMILES string of the molecule is Cc1cc2c(c(C)c1Cl)C(O)C(N1CCC(=O)CC1)CO2. The number of aryl methyl sites for hydroxylation is 1. The van der Waals surface area contributed by atoms with Crippen LogP contribution in [0.3, 0.4) is 0 Å². The highest BCUT2D eigenvalue weighted by atomic mass is 35.5. The minimum atomic E-state index is -0.625. The predicted molar refractivity (Wildman–Crippen MR) is 81.0 cm³/mol. The van der Waals surface area contributed by atoms with Crippen LogP contribution in [-0.4, -0.2) is 41.5 Å². The molecule has 4 nitrogen and oxygen atoms in total. The maximum Gasteiger partial charge on any atom is 0.135 e. The van der Waals surface area contributed by atoms with Gasteiger partial charge in [-0.3, -0.25) is 9.69 Å². The van der Waals surface area contributed by atoms with Gasteiger partial charge in [-0.1, -0.05) is 11.6 Å². The summed E-state index contributed by atoms with van der Waals surface area (Å²) in [5, 5.41) is 11.5. The molecule has 21 heavy (non-hydrogen) atoms. The Hall–Kier alpha value is -1.10. The first-order valence-electron chi connectivity index (χ1n) is 7.35. The summed E-state index contributed by atoms with van der Waals surface area (Å²) >= 11 is 6.31. The van der Waals surface area contributed by atoms with Gasteiger partial charge >= 0.3 is 0 Å². The quantitative estimate of drug-likeness (QED) is 0.865. The fourth-order valence-corrected chi connectivity index (χ4v) is 3.45. The number of Topliss-reactive ketones (excluding diaryl/α,β-unsaturated/α-hetero) is 1. The van der Waals surface area contributed by atoms with Crippen LogP contribution in [0.5, 0.6) is 5.75 Å². The average molecular weight is 310 g/mol. The molecular weight excluding hydrogens is 290 g/mol. The van der Waals surface area contributed by atoms with Crippen molar-refractivity contribution in [2.75, 3.05) is 19.7 Å². The Balaban J connectivity index is 1.90. The Morgan fingerprint density at radius 3 is 2.67 bits per heavy atom. The van der Waals surface area contributed by atoms with E-state index in [1.165, 1.54) is 0 Å². The Morgan fingerprint density at radius 1 is 1.33 bits per heavy atom. The number of fused-ring (bicyclic) bond motifs is 1. The minimum absolute atomic E-state index is 0.108. The summed E-state index contributed by atoms with van der Waals surface area (Å²) in [4.78, 5) is 13.5. The molecule has 3 rings (SSSR count). The van der Waals surface area contributed by atoms with E-state index in [-0.39, 0.29) is 6.04 Å². The first-order valence-corrected chi connectivity index (χ1v) is 7.73. The summed E-state index contributed by atoms with van der Waals surface area (Å²) in [7, 11) is 0. The zero-order valence-corrected chi connectivity index (χ0v) is 13.1. The topological polar surface area (TPSA) is 49.8 Å². The fraction of sp³-hybridized carbons (Fsp3) is 0.562. The van der Waals surface area contributed by atoms with Crippen molar-refractivity contribution in [3.63, 3.8) is 0 Å². The lowest BCUT2D eigenvalue weighted by Gasteiger charge is -2.40. The van der Waals surface area contributed by atoms with Crippen LogP contribution in [0.25, 0.3) is 0 Å². The highest BCUT2D eigenvalue weighted by molar-refractivity contribution is 6.32. The smallest absolute Gasteiger partial charge is 0.135 e. The van der Waals surface area contributed by atoms with E-state index in [9.17, 15) is 9.90 Å². The van der Waals surface area contributed by atoms with Gasteiger partial charge in [0.2, 0.25) is 0 Å². The number of hydrogen-bond donors (Lipinski definition) is 1. The fourth-order valence-electron chi connectivity index (χ4n) is 3.29. The molecule has 2 aliphatic heterocycles. The molecule has 0 saturated carbocycles. The van der Waals surface area contributed by atoms with E-state index in [1.54, 1.807) is 0 Å². The maximum absolute atomic E-state index is 11.4. The molecule has 0 aliphatic carbocycles. The molecule has 5 heteroatoms. The molecule has 2 aliphatic rings. The number of carbonyl (C=O) groups excluding carboxylic acids is 1. The summed E-state index contributed by atoms with van der Waals surface area (Å²) in [6.45, 7) is 5.69. The van der Waals surface area contributed by atoms with E-state index >= 15 is 0 Å². The molecule has 1 fully saturated rings. The molecule has 1 N–H and O–H groups in total. The number of rotatable bonds is 1. The molecule has 0 radical (unpaired) electrons. The number of piperidine rings is 1. The molecule has 114 valence electrons. The van der Waals surface area contributed by atoms with Crippen LogP contribution in [0.1, 0.15) is 35.6 Å². The van der Waals surface area contributed by atoms with Crippen LogP contribution in [0.15, 0.2) is 6.07 Å². The van der Waals surface area contributed by atoms with Crippen molar-refractivity contribution >= 4 is 17.4 Å². The van der Waals surface area contributed by atoms with E-state index in [0.717, 1.165) is 22.4 Å². The predicted octanol–water partition coefficient (Wildman–Crippen LogP) is 2.42. The minimum Gasteiger partial charge on any atom is -0.491 e. The average Bonchev–Trinajstić information content (AvgIpc) is 2.46. The Bertz CT molecular complexity index is 577. The first kappa shape index (κ1) is 14.8. The number of nitrogens with zero attached hydrogens (tertiary/aromatic N) is 1. The van der Waals surface area contributed by atoms with E-state index in [2.05, 4.69) is 4.90 Å². The second-order valence-corrected chi connectivity index (χ2v) is 6.32. The van der Waals surface area contributed by atoms with Crippen molar-refractivity contribution in [1.82, 2.24) is 4.90 Å². The Morgan fingerprint density at radius 2 is 2.00 bits per heavy atom. The molecule has 1 saturated heterocycles. The highest BCUT2D eigenvalue weighted by Crippen LogP contribution is 2.41. The summed E-state index contributed by atoms with van der Waals surface area (Å²) < 4.78 is 5.86. The molecule has 0 amide bonds. The number of benzene rings is 1.